The van der Waals surface area contributed by atoms with Crippen molar-refractivity contribution >= 4 is 22.9 Å². The fraction of sp³-hybridized carbons (Fsp3) is 0.438. The number of benzene rings is 1. The zero-order chi connectivity index (χ0) is 16.7. The molecule has 0 saturated carbocycles. The number of aromatic nitrogens is 1. The van der Waals surface area contributed by atoms with Crippen molar-refractivity contribution in [1.82, 2.24) is 4.98 Å². The molecule has 2 rings (SSSR count). The van der Waals surface area contributed by atoms with E-state index in [0.29, 0.717) is 10.6 Å². The number of alkyl halides is 3. The second-order valence-corrected chi connectivity index (χ2v) is 7.62. The first-order valence-electron chi connectivity index (χ1n) is 6.82. The molecule has 1 aromatic heterocycles. The molecule has 0 fully saturated rings. The van der Waals surface area contributed by atoms with E-state index in [0.717, 1.165) is 17.8 Å². The van der Waals surface area contributed by atoms with Crippen LogP contribution < -0.4 is 0 Å². The molecule has 0 saturated heterocycles. The molecule has 1 nitrogen and oxygen atoms in total. The third kappa shape index (κ3) is 3.63. The van der Waals surface area contributed by atoms with E-state index >= 15 is 0 Å². The zero-order valence-electron chi connectivity index (χ0n) is 12.8. The highest BCUT2D eigenvalue weighted by Crippen LogP contribution is 2.40. The fourth-order valence-electron chi connectivity index (χ4n) is 1.92. The van der Waals surface area contributed by atoms with Gasteiger partial charge in [-0.2, -0.15) is 13.2 Å². The molecule has 0 N–H and O–H groups in total. The van der Waals surface area contributed by atoms with E-state index in [1.165, 1.54) is 17.4 Å². The van der Waals surface area contributed by atoms with Crippen LogP contribution in [0.5, 0.6) is 0 Å². The largest absolute Gasteiger partial charge is 0.416 e. The van der Waals surface area contributed by atoms with Gasteiger partial charge in [0.05, 0.1) is 16.3 Å². The molecule has 0 amide bonds. The van der Waals surface area contributed by atoms with Gasteiger partial charge < -0.3 is 0 Å². The van der Waals surface area contributed by atoms with Crippen LogP contribution in [0.4, 0.5) is 13.2 Å². The Bertz CT molecular complexity index is 671. The third-order valence-electron chi connectivity index (χ3n) is 3.79. The maximum atomic E-state index is 12.8. The second-order valence-electron chi connectivity index (χ2n) is 6.36. The predicted octanol–water partition coefficient (Wildman–Crippen LogP) is 6.63. The van der Waals surface area contributed by atoms with Crippen LogP contribution in [0, 0.1) is 5.41 Å². The summed E-state index contributed by atoms with van der Waals surface area (Å²) in [4.78, 5) is 4.50. The number of thiazole rings is 1. The summed E-state index contributed by atoms with van der Waals surface area (Å²) in [7, 11) is 0. The molecule has 120 valence electrons. The molecule has 6 heteroatoms. The van der Waals surface area contributed by atoms with Gasteiger partial charge in [-0.05, 0) is 23.6 Å². The van der Waals surface area contributed by atoms with Crippen molar-refractivity contribution in [3.63, 3.8) is 0 Å². The van der Waals surface area contributed by atoms with Gasteiger partial charge in [-0.25, -0.2) is 4.98 Å². The monoisotopic (exact) mass is 347 g/mol. The Morgan fingerprint density at radius 2 is 1.82 bits per heavy atom. The molecular weight excluding hydrogens is 331 g/mol. The van der Waals surface area contributed by atoms with Gasteiger partial charge in [0.2, 0.25) is 0 Å². The summed E-state index contributed by atoms with van der Waals surface area (Å²) in [6.45, 7) is 8.38. The molecule has 1 heterocycles. The minimum atomic E-state index is -4.39. The lowest BCUT2D eigenvalue weighted by Gasteiger charge is -2.25. The van der Waals surface area contributed by atoms with Crippen molar-refractivity contribution in [3.05, 3.63) is 39.9 Å². The lowest BCUT2D eigenvalue weighted by Crippen LogP contribution is -2.15. The molecular formula is C16H17ClF3NS. The Labute approximate surface area is 137 Å². The summed E-state index contributed by atoms with van der Waals surface area (Å²) in [6, 6.07) is 3.32. The van der Waals surface area contributed by atoms with E-state index in [4.69, 9.17) is 11.6 Å². The standard InChI is InChI=1S/C16H17ClF3NS/c1-9(15(2,3)4)13-8-22-14(21-13)11-7-10(16(18,19)20)5-6-12(11)17/h5-9H,1-4H3/t9-/m1/s1. The summed E-state index contributed by atoms with van der Waals surface area (Å²) in [5, 5.41) is 2.68. The highest BCUT2D eigenvalue weighted by molar-refractivity contribution is 7.13. The third-order valence-corrected chi connectivity index (χ3v) is 5.01. The summed E-state index contributed by atoms with van der Waals surface area (Å²) >= 11 is 7.38. The minimum Gasteiger partial charge on any atom is -0.241 e. The van der Waals surface area contributed by atoms with Crippen LogP contribution in [0.25, 0.3) is 10.6 Å². The van der Waals surface area contributed by atoms with E-state index in [-0.39, 0.29) is 16.4 Å². The molecule has 1 atom stereocenters. The average molecular weight is 348 g/mol. The topological polar surface area (TPSA) is 12.9 Å². The summed E-state index contributed by atoms with van der Waals surface area (Å²) in [5.41, 5.74) is 0.519. The van der Waals surface area contributed by atoms with E-state index in [1.807, 2.05) is 5.38 Å². The smallest absolute Gasteiger partial charge is 0.241 e. The Balaban J connectivity index is 2.43. The summed E-state index contributed by atoms with van der Waals surface area (Å²) in [5.74, 6) is 0.196. The average Bonchev–Trinajstić information content (AvgIpc) is 2.85. The van der Waals surface area contributed by atoms with Crippen LogP contribution in [0.1, 0.15) is 44.9 Å². The van der Waals surface area contributed by atoms with Crippen molar-refractivity contribution in [3.8, 4) is 10.6 Å². The molecule has 1 aromatic carbocycles. The quantitative estimate of drug-likeness (QED) is 0.594. The van der Waals surface area contributed by atoms with Crippen LogP contribution in [0.2, 0.25) is 5.02 Å². The molecule has 0 aliphatic heterocycles. The first-order valence-corrected chi connectivity index (χ1v) is 8.08. The molecule has 0 spiro atoms. The van der Waals surface area contributed by atoms with Crippen molar-refractivity contribution in [2.24, 2.45) is 5.41 Å². The van der Waals surface area contributed by atoms with Gasteiger partial charge >= 0.3 is 6.18 Å². The summed E-state index contributed by atoms with van der Waals surface area (Å²) in [6.07, 6.45) is -4.39. The van der Waals surface area contributed by atoms with Crippen LogP contribution in [-0.4, -0.2) is 4.98 Å². The zero-order valence-corrected chi connectivity index (χ0v) is 14.3. The number of halogens is 4. The van der Waals surface area contributed by atoms with Crippen LogP contribution in [0.15, 0.2) is 23.6 Å². The van der Waals surface area contributed by atoms with Gasteiger partial charge in [0, 0.05) is 16.9 Å². The van der Waals surface area contributed by atoms with Gasteiger partial charge in [-0.15, -0.1) is 11.3 Å². The van der Waals surface area contributed by atoms with Crippen molar-refractivity contribution in [2.45, 2.75) is 39.8 Å². The van der Waals surface area contributed by atoms with Gasteiger partial charge in [-0.3, -0.25) is 0 Å². The Hall–Kier alpha value is -1.07. The normalized spacial score (nSPS) is 14.2. The lowest BCUT2D eigenvalue weighted by atomic mass is 9.80. The van der Waals surface area contributed by atoms with Crippen LogP contribution in [-0.2, 0) is 6.18 Å². The Morgan fingerprint density at radius 3 is 2.36 bits per heavy atom. The Morgan fingerprint density at radius 1 is 1.18 bits per heavy atom. The van der Waals surface area contributed by atoms with Gasteiger partial charge in [0.25, 0.3) is 0 Å². The minimum absolute atomic E-state index is 0.0307. The fourth-order valence-corrected chi connectivity index (χ4v) is 3.12. The van der Waals surface area contributed by atoms with E-state index < -0.39 is 11.7 Å². The molecule has 0 bridgehead atoms. The van der Waals surface area contributed by atoms with E-state index in [2.05, 4.69) is 32.7 Å². The predicted molar refractivity (Wildman–Crippen MR) is 85.4 cm³/mol. The first kappa shape index (κ1) is 17.3. The van der Waals surface area contributed by atoms with Gasteiger partial charge in [0.15, 0.2) is 0 Å². The van der Waals surface area contributed by atoms with E-state index in [1.54, 1.807) is 0 Å². The van der Waals surface area contributed by atoms with E-state index in [9.17, 15) is 13.2 Å². The number of nitrogens with zero attached hydrogens (tertiary/aromatic N) is 1. The first-order chi connectivity index (χ1) is 10.00. The number of hydrogen-bond donors (Lipinski definition) is 0. The highest BCUT2D eigenvalue weighted by Gasteiger charge is 2.31. The number of hydrogen-bond acceptors (Lipinski definition) is 2. The molecule has 0 aliphatic rings. The molecule has 22 heavy (non-hydrogen) atoms. The molecule has 0 radical (unpaired) electrons. The van der Waals surface area contributed by atoms with Gasteiger partial charge in [-0.1, -0.05) is 39.3 Å². The second kappa shape index (κ2) is 5.85. The van der Waals surface area contributed by atoms with Crippen molar-refractivity contribution in [2.75, 3.05) is 0 Å². The Kier molecular flexibility index (Phi) is 4.60. The van der Waals surface area contributed by atoms with Crippen molar-refractivity contribution < 1.29 is 13.2 Å². The summed E-state index contributed by atoms with van der Waals surface area (Å²) < 4.78 is 38.5. The van der Waals surface area contributed by atoms with Crippen LogP contribution in [0.3, 0.4) is 0 Å². The highest BCUT2D eigenvalue weighted by atomic mass is 35.5. The molecule has 0 unspecified atom stereocenters. The number of rotatable bonds is 2. The molecule has 2 aromatic rings. The maximum Gasteiger partial charge on any atom is 0.416 e. The maximum absolute atomic E-state index is 12.8. The molecule has 0 aliphatic carbocycles. The SMILES string of the molecule is C[C@H](c1csc(-c2cc(C(F)(F)F)ccc2Cl)n1)C(C)(C)C. The lowest BCUT2D eigenvalue weighted by molar-refractivity contribution is -0.137. The van der Waals surface area contributed by atoms with Crippen LogP contribution >= 0.6 is 22.9 Å². The van der Waals surface area contributed by atoms with Gasteiger partial charge in [0.1, 0.15) is 5.01 Å². The van der Waals surface area contributed by atoms with Crippen molar-refractivity contribution in [1.29, 1.82) is 0 Å².